The third-order valence-electron chi connectivity index (χ3n) is 15.7. The lowest BCUT2D eigenvalue weighted by Crippen LogP contribution is -2.52. The predicted octanol–water partition coefficient (Wildman–Crippen LogP) is 11.5. The van der Waals surface area contributed by atoms with Crippen molar-refractivity contribution in [1.82, 2.24) is 0 Å². The van der Waals surface area contributed by atoms with Gasteiger partial charge in [0.15, 0.2) is 0 Å². The van der Waals surface area contributed by atoms with Crippen molar-refractivity contribution in [1.29, 1.82) is 0 Å². The molecule has 0 aromatic rings. The maximum atomic E-state index is 7.39. The molecule has 6 aliphatic rings. The van der Waals surface area contributed by atoms with E-state index in [1.807, 2.05) is 0 Å². The molecule has 6 fully saturated rings. The molecule has 0 amide bonds. The summed E-state index contributed by atoms with van der Waals surface area (Å²) in [6.45, 7) is 7.53. The smallest absolute Gasteiger partial charge is 0.0707 e. The number of fused-ring (bicyclic) bond motifs is 3. The Kier molecular flexibility index (Phi) is 11.2. The van der Waals surface area contributed by atoms with Crippen LogP contribution in [0.2, 0.25) is 12.1 Å². The Morgan fingerprint density at radius 2 is 1.19 bits per heavy atom. The van der Waals surface area contributed by atoms with Gasteiger partial charge in [0.25, 0.3) is 0 Å². The fraction of sp³-hybridized carbons (Fsp3) is 1.00. The Labute approximate surface area is 265 Å². The molecule has 0 spiro atoms. The first-order chi connectivity index (χ1) is 20.5. The van der Waals surface area contributed by atoms with Gasteiger partial charge in [-0.2, -0.15) is 0 Å². The van der Waals surface area contributed by atoms with Crippen LogP contribution >= 0.6 is 0 Å². The minimum absolute atomic E-state index is 0.482. The molecule has 11 unspecified atom stereocenters. The van der Waals surface area contributed by atoms with Crippen molar-refractivity contribution in [3.05, 3.63) is 0 Å². The molecule has 0 N–H and O–H groups in total. The van der Waals surface area contributed by atoms with E-state index in [4.69, 9.17) is 15.7 Å². The number of hydrogen-bond acceptors (Lipinski definition) is 0. The highest BCUT2D eigenvalue weighted by Crippen LogP contribution is 2.62. The molecule has 6 aliphatic carbocycles. The lowest BCUT2D eigenvalue weighted by molar-refractivity contribution is -0.103. The third-order valence-corrected chi connectivity index (χ3v) is 15.7. The second-order valence-corrected chi connectivity index (χ2v) is 17.5. The van der Waals surface area contributed by atoms with Gasteiger partial charge in [0, 0.05) is 0 Å². The fourth-order valence-corrected chi connectivity index (χ4v) is 13.7. The summed E-state index contributed by atoms with van der Waals surface area (Å²) in [5, 5.41) is 0. The van der Waals surface area contributed by atoms with E-state index in [9.17, 15) is 0 Å². The van der Waals surface area contributed by atoms with Gasteiger partial charge in [0.05, 0.1) is 15.7 Å². The van der Waals surface area contributed by atoms with E-state index in [-0.39, 0.29) is 0 Å². The molecule has 0 saturated heterocycles. The van der Waals surface area contributed by atoms with E-state index >= 15 is 0 Å². The maximum absolute atomic E-state index is 7.39. The zero-order valence-corrected chi connectivity index (χ0v) is 28.4. The minimum atomic E-state index is 0.482. The SMILES string of the molecule is [B]C[C@H]1CCC2C(C1)C(C)C1CCC(C([B])C3CCC4CCCCC4C3)CC1C2C1CCC(C(CCC)CCC)CC1. The quantitative estimate of drug-likeness (QED) is 0.242. The molecule has 2 heteroatoms. The van der Waals surface area contributed by atoms with Crippen molar-refractivity contribution in [3.63, 3.8) is 0 Å². The Morgan fingerprint density at radius 1 is 0.571 bits per heavy atom. The molecule has 0 aromatic heterocycles. The topological polar surface area (TPSA) is 0 Å². The van der Waals surface area contributed by atoms with Crippen molar-refractivity contribution in [2.24, 2.45) is 82.9 Å². The van der Waals surface area contributed by atoms with Crippen LogP contribution in [0, 0.1) is 82.9 Å². The van der Waals surface area contributed by atoms with Crippen LogP contribution in [0.1, 0.15) is 156 Å². The molecule has 6 saturated carbocycles. The van der Waals surface area contributed by atoms with Crippen LogP contribution in [0.15, 0.2) is 0 Å². The van der Waals surface area contributed by atoms with Crippen molar-refractivity contribution < 1.29 is 0 Å². The van der Waals surface area contributed by atoms with Gasteiger partial charge in [0.2, 0.25) is 0 Å². The summed E-state index contributed by atoms with van der Waals surface area (Å²) in [7, 11) is 13.7. The largest absolute Gasteiger partial charge is 0.0859 e. The lowest BCUT2D eigenvalue weighted by Gasteiger charge is -2.60. The molecule has 6 rings (SSSR count). The van der Waals surface area contributed by atoms with Gasteiger partial charge in [-0.25, -0.2) is 0 Å². The van der Waals surface area contributed by atoms with Gasteiger partial charge in [0.1, 0.15) is 0 Å². The molecule has 0 nitrogen and oxygen atoms in total. The molecular formula is C40H68B2. The van der Waals surface area contributed by atoms with Crippen molar-refractivity contribution in [2.45, 2.75) is 168 Å². The van der Waals surface area contributed by atoms with Gasteiger partial charge in [-0.15, -0.1) is 0 Å². The van der Waals surface area contributed by atoms with Crippen LogP contribution in [-0.4, -0.2) is 15.7 Å². The maximum Gasteiger partial charge on any atom is 0.0707 e. The molecule has 0 heterocycles. The Bertz CT molecular complexity index is 810. The van der Waals surface area contributed by atoms with Crippen LogP contribution in [0.5, 0.6) is 0 Å². The van der Waals surface area contributed by atoms with Crippen molar-refractivity contribution >= 4 is 15.7 Å². The average Bonchev–Trinajstić information content (AvgIpc) is 3.04. The fourth-order valence-electron chi connectivity index (χ4n) is 13.7. The second-order valence-electron chi connectivity index (χ2n) is 17.5. The molecule has 42 heavy (non-hydrogen) atoms. The van der Waals surface area contributed by atoms with Crippen LogP contribution in [-0.2, 0) is 0 Å². The number of rotatable bonds is 9. The van der Waals surface area contributed by atoms with Gasteiger partial charge < -0.3 is 0 Å². The zero-order valence-electron chi connectivity index (χ0n) is 28.4. The zero-order chi connectivity index (χ0) is 29.2. The van der Waals surface area contributed by atoms with Crippen molar-refractivity contribution in [3.8, 4) is 0 Å². The monoisotopic (exact) mass is 571 g/mol. The second kappa shape index (κ2) is 14.7. The Hall–Kier alpha value is 0.130. The van der Waals surface area contributed by atoms with E-state index in [1.165, 1.54) is 122 Å². The van der Waals surface area contributed by atoms with Gasteiger partial charge in [-0.05, 0) is 147 Å². The highest BCUT2D eigenvalue weighted by atomic mass is 14.6. The average molecular weight is 571 g/mol. The standard InChI is InChI=1S/C40H68B2/c1-4-8-28(9-5-2)30-13-16-31(17-14-30)39-36-20-12-27(25-41)22-37(36)26(3)35-21-19-34(24-38(35)39)40(42)33-18-15-29-10-6-7-11-32(29)23-33/h26-40H,4-25H2,1-3H3/t26?,27-,29?,30?,31?,32?,33?,34?,35?,36?,37?,38?,39?,40?/m0/s1. The third kappa shape index (κ3) is 6.65. The van der Waals surface area contributed by atoms with E-state index < -0.39 is 0 Å². The normalized spacial score (nSPS) is 46.8. The summed E-state index contributed by atoms with van der Waals surface area (Å²) in [5.74, 6) is 13.8. The molecule has 0 aliphatic heterocycles. The Balaban J connectivity index is 1.17. The first-order valence-corrected chi connectivity index (χ1v) is 20.0. The van der Waals surface area contributed by atoms with E-state index in [0.29, 0.717) is 5.82 Å². The molecule has 0 bridgehead atoms. The highest BCUT2D eigenvalue weighted by Gasteiger charge is 2.54. The summed E-state index contributed by atoms with van der Waals surface area (Å²) in [5.41, 5.74) is 0. The van der Waals surface area contributed by atoms with Gasteiger partial charge in [-0.1, -0.05) is 104 Å². The summed E-state index contributed by atoms with van der Waals surface area (Å²) < 4.78 is 0. The predicted molar refractivity (Wildman–Crippen MR) is 183 cm³/mol. The van der Waals surface area contributed by atoms with Crippen LogP contribution in [0.3, 0.4) is 0 Å². The molecule has 4 radical (unpaired) electrons. The first-order valence-electron chi connectivity index (χ1n) is 20.0. The number of hydrogen-bond donors (Lipinski definition) is 0. The van der Waals surface area contributed by atoms with Crippen LogP contribution < -0.4 is 0 Å². The van der Waals surface area contributed by atoms with Gasteiger partial charge in [-0.3, -0.25) is 0 Å². The minimum Gasteiger partial charge on any atom is -0.0859 e. The summed E-state index contributed by atoms with van der Waals surface area (Å²) in [4.78, 5) is 0. The lowest BCUT2D eigenvalue weighted by atomic mass is 9.44. The van der Waals surface area contributed by atoms with Crippen LogP contribution in [0.4, 0.5) is 0 Å². The Morgan fingerprint density at radius 3 is 1.90 bits per heavy atom. The van der Waals surface area contributed by atoms with E-state index in [1.54, 1.807) is 12.8 Å². The summed E-state index contributed by atoms with van der Waals surface area (Å²) >= 11 is 0. The van der Waals surface area contributed by atoms with Crippen LogP contribution in [0.25, 0.3) is 0 Å². The van der Waals surface area contributed by atoms with E-state index in [0.717, 1.165) is 89.2 Å². The molecule has 12 atom stereocenters. The van der Waals surface area contributed by atoms with Crippen molar-refractivity contribution in [2.75, 3.05) is 0 Å². The highest BCUT2D eigenvalue weighted by molar-refractivity contribution is 6.12. The van der Waals surface area contributed by atoms with E-state index in [2.05, 4.69) is 20.8 Å². The summed E-state index contributed by atoms with van der Waals surface area (Å²) in [6.07, 6.45) is 32.0. The molecule has 0 aromatic carbocycles. The first kappa shape index (κ1) is 32.1. The molecule has 234 valence electrons. The van der Waals surface area contributed by atoms with Gasteiger partial charge >= 0.3 is 0 Å². The summed E-state index contributed by atoms with van der Waals surface area (Å²) in [6, 6.07) is 0. The molecular weight excluding hydrogens is 502 g/mol.